The topological polar surface area (TPSA) is 84.6 Å². The van der Waals surface area contributed by atoms with Gasteiger partial charge < -0.3 is 19.7 Å². The number of aryl methyl sites for hydroxylation is 1. The van der Waals surface area contributed by atoms with Crippen LogP contribution in [0.15, 0.2) is 53.1 Å². The number of fused-ring (bicyclic) bond motifs is 1. The number of anilines is 1. The monoisotopic (exact) mass is 434 g/mol. The molecule has 2 N–H and O–H groups in total. The molecule has 2 aromatic carbocycles. The lowest BCUT2D eigenvalue weighted by Crippen LogP contribution is -2.05. The van der Waals surface area contributed by atoms with Gasteiger partial charge in [0.15, 0.2) is 5.76 Å². The quantitative estimate of drug-likeness (QED) is 0.421. The van der Waals surface area contributed by atoms with Crippen molar-refractivity contribution in [3.63, 3.8) is 0 Å². The van der Waals surface area contributed by atoms with Crippen molar-refractivity contribution < 1.29 is 19.2 Å². The molecule has 0 radical (unpaired) electrons. The van der Waals surface area contributed by atoms with Crippen LogP contribution in [0, 0.1) is 6.92 Å². The second-order valence-electron chi connectivity index (χ2n) is 7.52. The number of hydrogen-bond donors (Lipinski definition) is 2. The Hall–Kier alpha value is -3.35. The van der Waals surface area contributed by atoms with E-state index in [1.165, 1.54) is 5.57 Å². The molecule has 2 aliphatic heterocycles. The average Bonchev–Trinajstić information content (AvgIpc) is 3.35. The fourth-order valence-corrected chi connectivity index (χ4v) is 4.17. The first-order valence-corrected chi connectivity index (χ1v) is 10.3. The number of aliphatic hydroxyl groups excluding tert-OH is 1. The Morgan fingerprint density at radius 3 is 2.58 bits per heavy atom. The van der Waals surface area contributed by atoms with Gasteiger partial charge in [0.1, 0.15) is 0 Å². The van der Waals surface area contributed by atoms with Crippen molar-refractivity contribution in [3.05, 3.63) is 76.1 Å². The third kappa shape index (κ3) is 3.54. The van der Waals surface area contributed by atoms with Gasteiger partial charge in [-0.05, 0) is 42.2 Å². The molecule has 156 valence electrons. The number of halogens is 1. The van der Waals surface area contributed by atoms with Crippen LogP contribution in [-0.4, -0.2) is 29.4 Å². The van der Waals surface area contributed by atoms with E-state index >= 15 is 0 Å². The number of carbonyl (C=O) groups excluding carboxylic acids is 1. The minimum absolute atomic E-state index is 0.132. The number of nitrogens with one attached hydrogen (secondary N) is 1. The number of amides is 1. The Labute approximate surface area is 183 Å². The van der Waals surface area contributed by atoms with E-state index in [9.17, 15) is 9.90 Å². The van der Waals surface area contributed by atoms with E-state index < -0.39 is 5.91 Å². The molecule has 1 amide bonds. The van der Waals surface area contributed by atoms with Crippen molar-refractivity contribution in [2.45, 2.75) is 13.3 Å². The SMILES string of the molecule is Cc1cc(/C(O)=C2\C(=O)Nc3cc(Cl)c(-c4ccc(C5=CCOCC5)cc4)cc32)on1. The summed E-state index contributed by atoms with van der Waals surface area (Å²) in [6.45, 7) is 3.11. The Morgan fingerprint density at radius 1 is 1.13 bits per heavy atom. The van der Waals surface area contributed by atoms with E-state index in [0.29, 0.717) is 28.6 Å². The molecule has 0 saturated heterocycles. The minimum Gasteiger partial charge on any atom is -0.504 e. The lowest BCUT2D eigenvalue weighted by atomic mass is 9.95. The number of nitrogens with zero attached hydrogens (tertiary/aromatic N) is 1. The highest BCUT2D eigenvalue weighted by Crippen LogP contribution is 2.42. The summed E-state index contributed by atoms with van der Waals surface area (Å²) in [5, 5.41) is 17.7. The molecule has 0 aliphatic carbocycles. The lowest BCUT2D eigenvalue weighted by Gasteiger charge is -2.14. The van der Waals surface area contributed by atoms with E-state index in [0.717, 1.165) is 29.7 Å². The van der Waals surface area contributed by atoms with Crippen LogP contribution in [0.3, 0.4) is 0 Å². The molecular weight excluding hydrogens is 416 g/mol. The highest BCUT2D eigenvalue weighted by molar-refractivity contribution is 6.38. The van der Waals surface area contributed by atoms with Crippen molar-refractivity contribution in [1.29, 1.82) is 0 Å². The summed E-state index contributed by atoms with van der Waals surface area (Å²) < 4.78 is 10.5. The maximum atomic E-state index is 12.6. The molecule has 3 heterocycles. The number of aliphatic hydroxyl groups is 1. The third-order valence-corrected chi connectivity index (χ3v) is 5.79. The summed E-state index contributed by atoms with van der Waals surface area (Å²) in [6.07, 6.45) is 2.99. The van der Waals surface area contributed by atoms with Gasteiger partial charge in [0.05, 0.1) is 35.2 Å². The van der Waals surface area contributed by atoms with E-state index in [-0.39, 0.29) is 17.1 Å². The van der Waals surface area contributed by atoms with Crippen LogP contribution in [0.2, 0.25) is 5.02 Å². The van der Waals surface area contributed by atoms with Crippen molar-refractivity contribution in [1.82, 2.24) is 5.16 Å². The number of rotatable bonds is 3. The number of aromatic nitrogens is 1. The summed E-state index contributed by atoms with van der Waals surface area (Å²) in [6, 6.07) is 13.2. The summed E-state index contributed by atoms with van der Waals surface area (Å²) >= 11 is 6.54. The smallest absolute Gasteiger partial charge is 0.260 e. The number of hydrogen-bond acceptors (Lipinski definition) is 5. The second-order valence-corrected chi connectivity index (χ2v) is 7.93. The zero-order chi connectivity index (χ0) is 21.5. The Kier molecular flexibility index (Phi) is 4.88. The van der Waals surface area contributed by atoms with Gasteiger partial charge in [-0.15, -0.1) is 0 Å². The van der Waals surface area contributed by atoms with E-state index in [1.807, 2.05) is 18.2 Å². The summed E-state index contributed by atoms with van der Waals surface area (Å²) in [5.41, 5.74) is 5.95. The number of carbonyl (C=O) groups is 1. The molecule has 31 heavy (non-hydrogen) atoms. The molecule has 0 spiro atoms. The molecule has 0 fully saturated rings. The van der Waals surface area contributed by atoms with Gasteiger partial charge in [0.2, 0.25) is 5.76 Å². The van der Waals surface area contributed by atoms with Crippen LogP contribution >= 0.6 is 11.6 Å². The standard InChI is InChI=1S/C24H19ClN2O4/c1-13-10-21(31-27-13)23(28)22-18-11-17(19(25)12-20(18)26-24(22)29)16-4-2-14(3-5-16)15-6-8-30-9-7-15/h2-6,10-12,28H,7-9H2,1H3,(H,26,29)/b23-22+. The van der Waals surface area contributed by atoms with E-state index in [4.69, 9.17) is 20.9 Å². The Bertz CT molecular complexity index is 1260. The molecule has 1 aromatic heterocycles. The van der Waals surface area contributed by atoms with Crippen molar-refractivity contribution in [3.8, 4) is 11.1 Å². The maximum absolute atomic E-state index is 12.6. The van der Waals surface area contributed by atoms with Crippen LogP contribution < -0.4 is 5.32 Å². The van der Waals surface area contributed by atoms with Gasteiger partial charge in [-0.3, -0.25) is 4.79 Å². The summed E-state index contributed by atoms with van der Waals surface area (Å²) in [7, 11) is 0. The van der Waals surface area contributed by atoms with Crippen LogP contribution in [-0.2, 0) is 9.53 Å². The lowest BCUT2D eigenvalue weighted by molar-refractivity contribution is -0.110. The van der Waals surface area contributed by atoms with Crippen molar-refractivity contribution in [2.24, 2.45) is 0 Å². The highest BCUT2D eigenvalue weighted by Gasteiger charge is 2.31. The molecular formula is C24H19ClN2O4. The van der Waals surface area contributed by atoms with Gasteiger partial charge in [-0.25, -0.2) is 0 Å². The number of benzene rings is 2. The maximum Gasteiger partial charge on any atom is 0.260 e. The van der Waals surface area contributed by atoms with Crippen LogP contribution in [0.1, 0.15) is 29.0 Å². The summed E-state index contributed by atoms with van der Waals surface area (Å²) in [5.74, 6) is -0.537. The highest BCUT2D eigenvalue weighted by atomic mass is 35.5. The summed E-state index contributed by atoms with van der Waals surface area (Å²) in [4.78, 5) is 12.6. The largest absolute Gasteiger partial charge is 0.504 e. The van der Waals surface area contributed by atoms with E-state index in [2.05, 4.69) is 28.7 Å². The number of ether oxygens (including phenoxy) is 1. The first kappa shape index (κ1) is 19.6. The van der Waals surface area contributed by atoms with Gasteiger partial charge in [-0.1, -0.05) is 47.1 Å². The second kappa shape index (κ2) is 7.72. The normalized spacial score (nSPS) is 17.2. The molecule has 0 bridgehead atoms. The van der Waals surface area contributed by atoms with Gasteiger partial charge in [-0.2, -0.15) is 0 Å². The van der Waals surface area contributed by atoms with Gasteiger partial charge in [0, 0.05) is 17.2 Å². The van der Waals surface area contributed by atoms with Crippen LogP contribution in [0.4, 0.5) is 5.69 Å². The van der Waals surface area contributed by atoms with Gasteiger partial charge >= 0.3 is 0 Å². The molecule has 0 atom stereocenters. The molecule has 0 saturated carbocycles. The fourth-order valence-electron chi connectivity index (χ4n) is 3.90. The van der Waals surface area contributed by atoms with Gasteiger partial charge in [0.25, 0.3) is 5.91 Å². The minimum atomic E-state index is -0.420. The van der Waals surface area contributed by atoms with Crippen LogP contribution in [0.5, 0.6) is 0 Å². The molecule has 6 nitrogen and oxygen atoms in total. The zero-order valence-corrected chi connectivity index (χ0v) is 17.5. The Morgan fingerprint density at radius 2 is 1.90 bits per heavy atom. The van der Waals surface area contributed by atoms with Crippen LogP contribution in [0.25, 0.3) is 28.0 Å². The molecule has 7 heteroatoms. The first-order chi connectivity index (χ1) is 15.0. The molecule has 5 rings (SSSR count). The Balaban J connectivity index is 1.56. The van der Waals surface area contributed by atoms with E-state index in [1.54, 1.807) is 19.1 Å². The van der Waals surface area contributed by atoms with Crippen molar-refractivity contribution in [2.75, 3.05) is 18.5 Å². The van der Waals surface area contributed by atoms with Crippen molar-refractivity contribution >= 4 is 40.1 Å². The zero-order valence-electron chi connectivity index (χ0n) is 16.7. The third-order valence-electron chi connectivity index (χ3n) is 5.48. The molecule has 3 aromatic rings. The fraction of sp³-hybridized carbons (Fsp3) is 0.167. The predicted octanol–water partition coefficient (Wildman–Crippen LogP) is 5.49. The first-order valence-electron chi connectivity index (χ1n) is 9.91. The average molecular weight is 435 g/mol. The molecule has 2 aliphatic rings. The predicted molar refractivity (Wildman–Crippen MR) is 120 cm³/mol. The molecule has 0 unspecified atom stereocenters.